The van der Waals surface area contributed by atoms with Crippen LogP contribution in [-0.2, 0) is 4.79 Å². The van der Waals surface area contributed by atoms with E-state index in [0.29, 0.717) is 18.2 Å². The number of allylic oxidation sites excluding steroid dienone is 2. The smallest absolute Gasteiger partial charge is 0.226 e. The molecule has 6 rings (SSSR count). The molecule has 0 bridgehead atoms. The Labute approximate surface area is 190 Å². The Bertz CT molecular complexity index is 1420. The molecule has 0 amide bonds. The fourth-order valence-corrected chi connectivity index (χ4v) is 6.07. The van der Waals surface area contributed by atoms with Crippen molar-refractivity contribution in [2.75, 3.05) is 5.32 Å². The molecular formula is C26H24N4OS. The molecule has 2 aromatic carbocycles. The van der Waals surface area contributed by atoms with Gasteiger partial charge in [-0.25, -0.2) is 4.68 Å². The predicted molar refractivity (Wildman–Crippen MR) is 129 cm³/mol. The normalized spacial score (nSPS) is 19.6. The molecule has 5 nitrogen and oxygen atoms in total. The Morgan fingerprint density at radius 1 is 1.09 bits per heavy atom. The molecule has 4 aromatic rings. The summed E-state index contributed by atoms with van der Waals surface area (Å²) in [6.07, 6.45) is 1.38. The molecule has 1 aliphatic carbocycles. The third kappa shape index (κ3) is 2.93. The van der Waals surface area contributed by atoms with Crippen LogP contribution in [-0.4, -0.2) is 20.5 Å². The summed E-state index contributed by atoms with van der Waals surface area (Å²) in [5.41, 5.74) is 3.95. The van der Waals surface area contributed by atoms with E-state index in [2.05, 4.69) is 61.8 Å². The van der Waals surface area contributed by atoms with Gasteiger partial charge in [0.1, 0.15) is 6.04 Å². The number of thiophene rings is 1. The second-order valence-corrected chi connectivity index (χ2v) is 10.5. The van der Waals surface area contributed by atoms with Gasteiger partial charge in [0, 0.05) is 28.1 Å². The number of carbonyl (C=O) groups is 1. The number of benzene rings is 2. The third-order valence-corrected chi connectivity index (χ3v) is 7.58. The molecule has 32 heavy (non-hydrogen) atoms. The zero-order chi connectivity index (χ0) is 22.0. The maximum atomic E-state index is 13.4. The molecule has 0 spiro atoms. The summed E-state index contributed by atoms with van der Waals surface area (Å²) < 4.78 is 1.92. The van der Waals surface area contributed by atoms with Crippen LogP contribution in [0.15, 0.2) is 65.2 Å². The lowest BCUT2D eigenvalue weighted by Crippen LogP contribution is -2.36. The van der Waals surface area contributed by atoms with Crippen LogP contribution in [0, 0.1) is 12.3 Å². The number of Topliss-reactive ketones (excluding diaryl/α,β-unsaturated/α-hetero) is 1. The highest BCUT2D eigenvalue weighted by Crippen LogP contribution is 2.47. The first-order chi connectivity index (χ1) is 15.4. The van der Waals surface area contributed by atoms with E-state index in [-0.39, 0.29) is 17.2 Å². The molecule has 0 radical (unpaired) electrons. The Kier molecular flexibility index (Phi) is 4.17. The highest BCUT2D eigenvalue weighted by molar-refractivity contribution is 7.10. The molecule has 1 N–H and O–H groups in total. The molecule has 0 saturated heterocycles. The lowest BCUT2D eigenvalue weighted by Gasteiger charge is -2.38. The van der Waals surface area contributed by atoms with E-state index < -0.39 is 0 Å². The van der Waals surface area contributed by atoms with Crippen LogP contribution < -0.4 is 5.32 Å². The van der Waals surface area contributed by atoms with Crippen molar-refractivity contribution >= 4 is 33.8 Å². The average Bonchev–Trinajstić information content (AvgIpc) is 3.37. The second-order valence-electron chi connectivity index (χ2n) is 9.56. The van der Waals surface area contributed by atoms with Gasteiger partial charge in [0.25, 0.3) is 0 Å². The fourth-order valence-electron chi connectivity index (χ4n) is 5.05. The van der Waals surface area contributed by atoms with Crippen molar-refractivity contribution in [3.8, 4) is 11.4 Å². The minimum atomic E-state index is -0.235. The van der Waals surface area contributed by atoms with Crippen molar-refractivity contribution in [3.63, 3.8) is 0 Å². The van der Waals surface area contributed by atoms with Crippen LogP contribution in [0.5, 0.6) is 0 Å². The highest BCUT2D eigenvalue weighted by atomic mass is 32.1. The Balaban J connectivity index is 1.56. The molecule has 1 unspecified atom stereocenters. The summed E-state index contributed by atoms with van der Waals surface area (Å²) in [6.45, 7) is 6.42. The summed E-state index contributed by atoms with van der Waals surface area (Å²) in [5.74, 6) is 1.58. The minimum Gasteiger partial charge on any atom is -0.328 e. The third-order valence-electron chi connectivity index (χ3n) is 6.51. The van der Waals surface area contributed by atoms with Crippen molar-refractivity contribution in [1.29, 1.82) is 0 Å². The average molecular weight is 441 g/mol. The Morgan fingerprint density at radius 2 is 1.91 bits per heavy atom. The lowest BCUT2D eigenvalue weighted by molar-refractivity contribution is -0.118. The molecule has 0 fully saturated rings. The van der Waals surface area contributed by atoms with Gasteiger partial charge in [0.05, 0.1) is 0 Å². The van der Waals surface area contributed by atoms with Crippen molar-refractivity contribution in [2.45, 2.75) is 39.7 Å². The number of carbonyl (C=O) groups excluding carboxylic acids is 1. The molecule has 2 aliphatic rings. The number of fused-ring (bicyclic) bond motifs is 2. The molecular weight excluding hydrogens is 416 g/mol. The predicted octanol–water partition coefficient (Wildman–Crippen LogP) is 6.13. The largest absolute Gasteiger partial charge is 0.328 e. The van der Waals surface area contributed by atoms with Crippen LogP contribution in [0.25, 0.3) is 22.2 Å². The second kappa shape index (κ2) is 6.87. The molecule has 160 valence electrons. The standard InChI is InChI=1S/C26H24N4OS/c1-15-11-12-32-23(15)22-21-19(13-26(2,3)14-20(21)31)27-25-28-24(29-30(22)25)18-10-6-8-16-7-4-5-9-17(16)18/h4-12,22H,13-14H2,1-3H3,(H,27,28,29). The first-order valence-corrected chi connectivity index (χ1v) is 11.8. The topological polar surface area (TPSA) is 59.8 Å². The van der Waals surface area contributed by atoms with Gasteiger partial charge in [-0.15, -0.1) is 16.4 Å². The minimum absolute atomic E-state index is 0.0708. The number of nitrogens with zero attached hydrogens (tertiary/aromatic N) is 3. The summed E-state index contributed by atoms with van der Waals surface area (Å²) in [6, 6.07) is 16.4. The zero-order valence-corrected chi connectivity index (χ0v) is 19.2. The molecule has 2 aromatic heterocycles. The summed E-state index contributed by atoms with van der Waals surface area (Å²) in [7, 11) is 0. The van der Waals surface area contributed by atoms with Gasteiger partial charge < -0.3 is 5.32 Å². The van der Waals surface area contributed by atoms with Crippen LogP contribution in [0.1, 0.15) is 43.2 Å². The lowest BCUT2D eigenvalue weighted by atomic mass is 9.73. The van der Waals surface area contributed by atoms with Crippen LogP contribution in [0.3, 0.4) is 0 Å². The van der Waals surface area contributed by atoms with E-state index in [9.17, 15) is 4.79 Å². The number of rotatable bonds is 2. The maximum Gasteiger partial charge on any atom is 0.226 e. The van der Waals surface area contributed by atoms with Crippen LogP contribution in [0.4, 0.5) is 5.95 Å². The van der Waals surface area contributed by atoms with E-state index >= 15 is 0 Å². The van der Waals surface area contributed by atoms with Gasteiger partial charge >= 0.3 is 0 Å². The van der Waals surface area contributed by atoms with Crippen molar-refractivity contribution in [1.82, 2.24) is 14.8 Å². The van der Waals surface area contributed by atoms with E-state index in [4.69, 9.17) is 10.1 Å². The van der Waals surface area contributed by atoms with Gasteiger partial charge in [-0.3, -0.25) is 4.79 Å². The quantitative estimate of drug-likeness (QED) is 0.408. The number of anilines is 1. The zero-order valence-electron chi connectivity index (χ0n) is 18.3. The fraction of sp³-hybridized carbons (Fsp3) is 0.269. The number of ketones is 1. The monoisotopic (exact) mass is 440 g/mol. The highest BCUT2D eigenvalue weighted by Gasteiger charge is 2.42. The molecule has 3 heterocycles. The summed E-state index contributed by atoms with van der Waals surface area (Å²) in [4.78, 5) is 19.4. The first-order valence-electron chi connectivity index (χ1n) is 10.9. The van der Waals surface area contributed by atoms with E-state index in [1.54, 1.807) is 11.3 Å². The summed E-state index contributed by atoms with van der Waals surface area (Å²) >= 11 is 1.68. The Morgan fingerprint density at radius 3 is 2.72 bits per heavy atom. The number of aromatic nitrogens is 3. The van der Waals surface area contributed by atoms with E-state index in [0.717, 1.165) is 38.9 Å². The van der Waals surface area contributed by atoms with Crippen LogP contribution in [0.2, 0.25) is 0 Å². The molecule has 6 heteroatoms. The number of nitrogens with one attached hydrogen (secondary N) is 1. The van der Waals surface area contributed by atoms with Gasteiger partial charge in [-0.2, -0.15) is 4.98 Å². The maximum absolute atomic E-state index is 13.4. The SMILES string of the molecule is Cc1ccsc1C1C2=C(CC(C)(C)CC2=O)Nc2nc(-c3cccc4ccccc34)nn21. The number of hydrogen-bond donors (Lipinski definition) is 1. The van der Waals surface area contributed by atoms with Crippen molar-refractivity contribution < 1.29 is 4.79 Å². The molecule has 1 atom stereocenters. The van der Waals surface area contributed by atoms with E-state index in [1.165, 1.54) is 5.56 Å². The van der Waals surface area contributed by atoms with Gasteiger partial charge in [0.15, 0.2) is 11.6 Å². The number of hydrogen-bond acceptors (Lipinski definition) is 5. The van der Waals surface area contributed by atoms with Crippen LogP contribution >= 0.6 is 11.3 Å². The van der Waals surface area contributed by atoms with Gasteiger partial charge in [-0.05, 0) is 46.5 Å². The molecule has 1 aliphatic heterocycles. The van der Waals surface area contributed by atoms with Crippen molar-refractivity contribution in [3.05, 3.63) is 75.6 Å². The Hall–Kier alpha value is -3.25. The first kappa shape index (κ1) is 19.4. The summed E-state index contributed by atoms with van der Waals surface area (Å²) in [5, 5.41) is 12.8. The van der Waals surface area contributed by atoms with Crippen molar-refractivity contribution in [2.24, 2.45) is 5.41 Å². The molecule has 0 saturated carbocycles. The van der Waals surface area contributed by atoms with Gasteiger partial charge in [0.2, 0.25) is 5.95 Å². The number of aryl methyl sites for hydroxylation is 1. The van der Waals surface area contributed by atoms with Gasteiger partial charge in [-0.1, -0.05) is 56.3 Å². The van der Waals surface area contributed by atoms with E-state index in [1.807, 2.05) is 22.9 Å².